The minimum Gasteiger partial charge on any atom is -0.299 e. The Bertz CT molecular complexity index is 217. The molecule has 13 heavy (non-hydrogen) atoms. The van der Waals surface area contributed by atoms with Gasteiger partial charge in [-0.3, -0.25) is 4.79 Å². The lowest BCUT2D eigenvalue weighted by Gasteiger charge is -2.45. The maximum Gasteiger partial charge on any atom is 0.138 e. The molecule has 2 atom stereocenters. The van der Waals surface area contributed by atoms with E-state index in [0.29, 0.717) is 11.7 Å². The summed E-state index contributed by atoms with van der Waals surface area (Å²) in [7, 11) is 0. The third kappa shape index (κ3) is 1.43. The minimum absolute atomic E-state index is 0.0106. The van der Waals surface area contributed by atoms with Gasteiger partial charge in [-0.15, -0.1) is 0 Å². The first-order valence-electron chi connectivity index (χ1n) is 5.65. The van der Waals surface area contributed by atoms with Gasteiger partial charge in [0.15, 0.2) is 0 Å². The van der Waals surface area contributed by atoms with Gasteiger partial charge in [-0.05, 0) is 24.7 Å². The molecule has 1 nitrogen and oxygen atoms in total. The first-order valence-corrected chi connectivity index (χ1v) is 5.65. The van der Waals surface area contributed by atoms with E-state index in [1.165, 1.54) is 32.1 Å². The van der Waals surface area contributed by atoms with Gasteiger partial charge in [-0.2, -0.15) is 0 Å². The van der Waals surface area contributed by atoms with Crippen LogP contribution >= 0.6 is 0 Å². The van der Waals surface area contributed by atoms with Crippen molar-refractivity contribution in [3.8, 4) is 0 Å². The summed E-state index contributed by atoms with van der Waals surface area (Å²) in [6, 6.07) is 0. The topological polar surface area (TPSA) is 17.1 Å². The quantitative estimate of drug-likeness (QED) is 0.559. The molecule has 0 saturated heterocycles. The number of fused-ring (bicyclic) bond motifs is 1. The summed E-state index contributed by atoms with van der Waals surface area (Å²) in [6.45, 7) is 4.33. The average molecular weight is 180 g/mol. The van der Waals surface area contributed by atoms with Crippen LogP contribution < -0.4 is 0 Å². The highest BCUT2D eigenvalue weighted by Crippen LogP contribution is 2.48. The van der Waals surface area contributed by atoms with Crippen LogP contribution in [0.2, 0.25) is 0 Å². The van der Waals surface area contributed by atoms with E-state index in [9.17, 15) is 4.79 Å². The van der Waals surface area contributed by atoms with E-state index in [2.05, 4.69) is 13.8 Å². The highest BCUT2D eigenvalue weighted by Gasteiger charge is 2.44. The fraction of sp³-hybridized carbons (Fsp3) is 0.917. The number of hydrogen-bond acceptors (Lipinski definition) is 1. The molecule has 2 rings (SSSR count). The number of carbonyl (C=O) groups excluding carboxylic acids is 1. The second kappa shape index (κ2) is 3.11. The van der Waals surface area contributed by atoms with Gasteiger partial charge in [0.05, 0.1) is 0 Å². The Morgan fingerprint density at radius 2 is 1.85 bits per heavy atom. The molecule has 2 aliphatic rings. The normalized spacial score (nSPS) is 38.5. The summed E-state index contributed by atoms with van der Waals surface area (Å²) < 4.78 is 0. The van der Waals surface area contributed by atoms with Crippen molar-refractivity contribution in [1.29, 1.82) is 0 Å². The standard InChI is InChI=1S/C12H20O/c1-12(2)10-6-4-3-5-9(10)7-8-11(12)13/h9-10H,3-8H2,1-2H3/t9-,10-/m0/s1. The first kappa shape index (κ1) is 9.23. The van der Waals surface area contributed by atoms with Gasteiger partial charge in [-0.25, -0.2) is 0 Å². The number of ketones is 1. The van der Waals surface area contributed by atoms with E-state index >= 15 is 0 Å². The van der Waals surface area contributed by atoms with Gasteiger partial charge in [0, 0.05) is 11.8 Å². The molecule has 0 bridgehead atoms. The second-order valence-electron chi connectivity index (χ2n) is 5.33. The monoisotopic (exact) mass is 180 g/mol. The van der Waals surface area contributed by atoms with Gasteiger partial charge in [0.2, 0.25) is 0 Å². The molecular formula is C12H20O. The summed E-state index contributed by atoms with van der Waals surface area (Å²) in [5, 5.41) is 0. The molecule has 0 amide bonds. The van der Waals surface area contributed by atoms with Gasteiger partial charge in [0.1, 0.15) is 5.78 Å². The summed E-state index contributed by atoms with van der Waals surface area (Å²) in [5.41, 5.74) is -0.0106. The third-order valence-electron chi connectivity index (χ3n) is 4.30. The number of Topliss-reactive ketones (excluding diaryl/α,β-unsaturated/α-hetero) is 1. The van der Waals surface area contributed by atoms with Gasteiger partial charge in [0.25, 0.3) is 0 Å². The number of carbonyl (C=O) groups is 1. The summed E-state index contributed by atoms with van der Waals surface area (Å²) in [4.78, 5) is 11.8. The molecule has 0 aliphatic heterocycles. The molecule has 2 saturated carbocycles. The maximum absolute atomic E-state index is 11.8. The largest absolute Gasteiger partial charge is 0.299 e. The molecule has 0 aromatic carbocycles. The molecule has 74 valence electrons. The van der Waals surface area contributed by atoms with E-state index in [0.717, 1.165) is 12.3 Å². The molecule has 0 N–H and O–H groups in total. The molecule has 0 aromatic rings. The van der Waals surface area contributed by atoms with Crippen molar-refractivity contribution in [3.05, 3.63) is 0 Å². The summed E-state index contributed by atoms with van der Waals surface area (Å²) >= 11 is 0. The van der Waals surface area contributed by atoms with Crippen molar-refractivity contribution >= 4 is 5.78 Å². The number of hydrogen-bond donors (Lipinski definition) is 0. The third-order valence-corrected chi connectivity index (χ3v) is 4.30. The van der Waals surface area contributed by atoms with Crippen LogP contribution in [0.25, 0.3) is 0 Å². The van der Waals surface area contributed by atoms with E-state index < -0.39 is 0 Å². The van der Waals surface area contributed by atoms with Crippen LogP contribution in [-0.2, 0) is 4.79 Å². The van der Waals surface area contributed by atoms with E-state index in [1.807, 2.05) is 0 Å². The van der Waals surface area contributed by atoms with Crippen molar-refractivity contribution in [2.75, 3.05) is 0 Å². The highest BCUT2D eigenvalue weighted by molar-refractivity contribution is 5.85. The second-order valence-corrected chi connectivity index (χ2v) is 5.33. The first-order chi connectivity index (χ1) is 6.12. The highest BCUT2D eigenvalue weighted by atomic mass is 16.1. The molecule has 1 heteroatoms. The van der Waals surface area contributed by atoms with Crippen LogP contribution in [0, 0.1) is 17.3 Å². The predicted molar refractivity (Wildman–Crippen MR) is 53.5 cm³/mol. The van der Waals surface area contributed by atoms with Crippen LogP contribution in [0.5, 0.6) is 0 Å². The Morgan fingerprint density at radius 1 is 1.15 bits per heavy atom. The molecular weight excluding hydrogens is 160 g/mol. The van der Waals surface area contributed by atoms with E-state index in [1.54, 1.807) is 0 Å². The molecule has 0 unspecified atom stereocenters. The maximum atomic E-state index is 11.8. The van der Waals surface area contributed by atoms with Gasteiger partial charge >= 0.3 is 0 Å². The van der Waals surface area contributed by atoms with Crippen LogP contribution in [0.1, 0.15) is 52.4 Å². The average Bonchev–Trinajstić information content (AvgIpc) is 2.13. The van der Waals surface area contributed by atoms with Crippen LogP contribution in [0.15, 0.2) is 0 Å². The van der Waals surface area contributed by atoms with Crippen molar-refractivity contribution in [1.82, 2.24) is 0 Å². The summed E-state index contributed by atoms with van der Waals surface area (Å²) in [5.74, 6) is 2.07. The molecule has 0 aromatic heterocycles. The van der Waals surface area contributed by atoms with Crippen LogP contribution in [-0.4, -0.2) is 5.78 Å². The Balaban J connectivity index is 2.19. The molecule has 0 heterocycles. The van der Waals surface area contributed by atoms with E-state index in [-0.39, 0.29) is 5.41 Å². The van der Waals surface area contributed by atoms with Gasteiger partial charge < -0.3 is 0 Å². The van der Waals surface area contributed by atoms with Crippen LogP contribution in [0.3, 0.4) is 0 Å². The zero-order valence-corrected chi connectivity index (χ0v) is 8.81. The summed E-state index contributed by atoms with van der Waals surface area (Å²) in [6.07, 6.45) is 7.43. The Kier molecular flexibility index (Phi) is 2.21. The zero-order valence-electron chi connectivity index (χ0n) is 8.81. The Morgan fingerprint density at radius 3 is 2.62 bits per heavy atom. The van der Waals surface area contributed by atoms with Crippen molar-refractivity contribution in [2.45, 2.75) is 52.4 Å². The van der Waals surface area contributed by atoms with E-state index in [4.69, 9.17) is 0 Å². The predicted octanol–water partition coefficient (Wildman–Crippen LogP) is 3.18. The lowest BCUT2D eigenvalue weighted by Crippen LogP contribution is -2.43. The molecule has 2 fully saturated rings. The fourth-order valence-electron chi connectivity index (χ4n) is 3.35. The number of rotatable bonds is 0. The van der Waals surface area contributed by atoms with Crippen LogP contribution in [0.4, 0.5) is 0 Å². The lowest BCUT2D eigenvalue weighted by atomic mass is 9.58. The fourth-order valence-corrected chi connectivity index (χ4v) is 3.35. The molecule has 0 radical (unpaired) electrons. The SMILES string of the molecule is CC1(C)C(=O)CC[C@@H]2CCCC[C@@H]21. The Labute approximate surface area is 80.9 Å². The minimum atomic E-state index is -0.0106. The lowest BCUT2D eigenvalue weighted by molar-refractivity contribution is -0.136. The van der Waals surface area contributed by atoms with Crippen molar-refractivity contribution in [2.24, 2.45) is 17.3 Å². The Hall–Kier alpha value is -0.330. The molecule has 2 aliphatic carbocycles. The smallest absolute Gasteiger partial charge is 0.138 e. The van der Waals surface area contributed by atoms with Gasteiger partial charge in [-0.1, -0.05) is 33.1 Å². The van der Waals surface area contributed by atoms with Crippen molar-refractivity contribution < 1.29 is 4.79 Å². The zero-order chi connectivity index (χ0) is 9.47. The molecule has 0 spiro atoms. The van der Waals surface area contributed by atoms with Crippen molar-refractivity contribution in [3.63, 3.8) is 0 Å².